The summed E-state index contributed by atoms with van der Waals surface area (Å²) < 4.78 is 21.5. The van der Waals surface area contributed by atoms with Gasteiger partial charge in [0.1, 0.15) is 11.2 Å². The zero-order chi connectivity index (χ0) is 26.0. The predicted molar refractivity (Wildman–Crippen MR) is 133 cm³/mol. The van der Waals surface area contributed by atoms with E-state index in [2.05, 4.69) is 5.32 Å². The minimum absolute atomic E-state index is 0.0203. The predicted octanol–water partition coefficient (Wildman–Crippen LogP) is 4.44. The van der Waals surface area contributed by atoms with Crippen LogP contribution in [0.2, 0.25) is 0 Å². The van der Waals surface area contributed by atoms with E-state index in [0.717, 1.165) is 21.9 Å². The van der Waals surface area contributed by atoms with Crippen LogP contribution < -0.4 is 20.4 Å². The molecule has 9 heteroatoms. The summed E-state index contributed by atoms with van der Waals surface area (Å²) in [7, 11) is 2.97. The van der Waals surface area contributed by atoms with Crippen molar-refractivity contribution < 1.29 is 33.0 Å². The molecule has 2 aromatic carbocycles. The maximum absolute atomic E-state index is 12.8. The molecule has 2 N–H and O–H groups in total. The lowest BCUT2D eigenvalue weighted by molar-refractivity contribution is -0.137. The summed E-state index contributed by atoms with van der Waals surface area (Å²) in [6, 6.07) is 7.79. The molecule has 0 fully saturated rings. The first-order valence-electron chi connectivity index (χ1n) is 11.4. The molecule has 1 atom stereocenters. The van der Waals surface area contributed by atoms with Gasteiger partial charge in [0.05, 0.1) is 32.9 Å². The van der Waals surface area contributed by atoms with E-state index >= 15 is 0 Å². The van der Waals surface area contributed by atoms with Gasteiger partial charge in [0.15, 0.2) is 11.5 Å². The number of furan rings is 1. The molecule has 0 spiro atoms. The maximum Gasteiger partial charge on any atom is 0.339 e. The van der Waals surface area contributed by atoms with Gasteiger partial charge in [0.2, 0.25) is 5.91 Å². The van der Waals surface area contributed by atoms with Gasteiger partial charge in [0.25, 0.3) is 0 Å². The van der Waals surface area contributed by atoms with Crippen LogP contribution in [0.15, 0.2) is 50.2 Å². The number of rotatable bonds is 9. The Balaban J connectivity index is 1.55. The second-order valence-electron chi connectivity index (χ2n) is 8.59. The number of nitrogens with one attached hydrogen (secondary N) is 1. The molecule has 36 heavy (non-hydrogen) atoms. The standard InChI is InChI=1S/C27H27NO8/c1-14-13-35-22-12-23-19(10-18(14)22)15(2)17(27(32)36-23)6-8-25(29)28-20(11-26(30)31)16-5-7-21(33-3)24(9-16)34-4/h5,7,9-10,12-13,20H,6,8,11H2,1-4H3,(H,28,29)(H,30,31)/t20-/m1/s1. The van der Waals surface area contributed by atoms with E-state index in [-0.39, 0.29) is 19.3 Å². The van der Waals surface area contributed by atoms with Gasteiger partial charge < -0.3 is 28.7 Å². The van der Waals surface area contributed by atoms with Crippen molar-refractivity contribution in [3.8, 4) is 11.5 Å². The first-order valence-corrected chi connectivity index (χ1v) is 11.4. The molecular weight excluding hydrogens is 466 g/mol. The number of aliphatic carboxylic acids is 1. The number of fused-ring (bicyclic) bond motifs is 2. The molecule has 0 aliphatic heterocycles. The van der Waals surface area contributed by atoms with Crippen LogP contribution in [0.3, 0.4) is 0 Å². The quantitative estimate of drug-likeness (QED) is 0.328. The van der Waals surface area contributed by atoms with E-state index in [0.29, 0.717) is 33.8 Å². The topological polar surface area (TPSA) is 128 Å². The van der Waals surface area contributed by atoms with Crippen LogP contribution in [0, 0.1) is 13.8 Å². The summed E-state index contributed by atoms with van der Waals surface area (Å²) in [5.74, 6) is -0.549. The van der Waals surface area contributed by atoms with Gasteiger partial charge in [-0.1, -0.05) is 6.07 Å². The highest BCUT2D eigenvalue weighted by molar-refractivity contribution is 5.96. The van der Waals surface area contributed by atoms with Crippen molar-refractivity contribution in [1.82, 2.24) is 5.32 Å². The molecule has 0 aliphatic carbocycles. The first kappa shape index (κ1) is 24.8. The van der Waals surface area contributed by atoms with Crippen LogP contribution in [0.1, 0.15) is 41.1 Å². The number of hydrogen-bond acceptors (Lipinski definition) is 7. The maximum atomic E-state index is 12.8. The zero-order valence-corrected chi connectivity index (χ0v) is 20.5. The Hall–Kier alpha value is -4.27. The highest BCUT2D eigenvalue weighted by Gasteiger charge is 2.21. The molecule has 4 aromatic rings. The fourth-order valence-corrected chi connectivity index (χ4v) is 4.33. The summed E-state index contributed by atoms with van der Waals surface area (Å²) in [4.78, 5) is 37.0. The average Bonchev–Trinajstić information content (AvgIpc) is 3.21. The number of amides is 1. The fraction of sp³-hybridized carbons (Fsp3) is 0.296. The molecular formula is C27H27NO8. The van der Waals surface area contributed by atoms with E-state index in [1.54, 1.807) is 30.5 Å². The van der Waals surface area contributed by atoms with Crippen LogP contribution in [0.5, 0.6) is 11.5 Å². The number of carbonyl (C=O) groups excluding carboxylic acids is 1. The third-order valence-electron chi connectivity index (χ3n) is 6.30. The Morgan fingerprint density at radius 2 is 1.78 bits per heavy atom. The number of benzene rings is 2. The normalized spacial score (nSPS) is 12.0. The Bertz CT molecular complexity index is 1510. The number of carboxylic acids is 1. The molecule has 0 saturated heterocycles. The lowest BCUT2D eigenvalue weighted by Crippen LogP contribution is -2.30. The first-order chi connectivity index (χ1) is 17.2. The van der Waals surface area contributed by atoms with Gasteiger partial charge in [0, 0.05) is 28.8 Å². The van der Waals surface area contributed by atoms with Gasteiger partial charge in [-0.25, -0.2) is 4.79 Å². The van der Waals surface area contributed by atoms with E-state index in [4.69, 9.17) is 18.3 Å². The molecule has 0 aliphatic rings. The smallest absolute Gasteiger partial charge is 0.339 e. The Morgan fingerprint density at radius 1 is 1.03 bits per heavy atom. The van der Waals surface area contributed by atoms with E-state index in [1.165, 1.54) is 14.2 Å². The molecule has 4 rings (SSSR count). The monoisotopic (exact) mass is 493 g/mol. The summed E-state index contributed by atoms with van der Waals surface area (Å²) >= 11 is 0. The second kappa shape index (κ2) is 10.2. The molecule has 0 saturated carbocycles. The summed E-state index contributed by atoms with van der Waals surface area (Å²) in [5, 5.41) is 13.8. The van der Waals surface area contributed by atoms with Crippen LogP contribution in [0.25, 0.3) is 21.9 Å². The Morgan fingerprint density at radius 3 is 2.47 bits per heavy atom. The molecule has 1 amide bonds. The number of carboxylic acid groups (broad SMARTS) is 1. The van der Waals surface area contributed by atoms with Gasteiger partial charge >= 0.3 is 11.6 Å². The molecule has 188 valence electrons. The van der Waals surface area contributed by atoms with Crippen molar-refractivity contribution in [2.75, 3.05) is 14.2 Å². The minimum Gasteiger partial charge on any atom is -0.493 e. The highest BCUT2D eigenvalue weighted by atomic mass is 16.5. The molecule has 0 radical (unpaired) electrons. The molecule has 2 heterocycles. The summed E-state index contributed by atoms with van der Waals surface area (Å²) in [6.45, 7) is 3.76. The van der Waals surface area contributed by atoms with Gasteiger partial charge in [-0.2, -0.15) is 0 Å². The second-order valence-corrected chi connectivity index (χ2v) is 8.59. The number of aryl methyl sites for hydroxylation is 2. The van der Waals surface area contributed by atoms with Crippen molar-refractivity contribution in [2.45, 2.75) is 39.2 Å². The van der Waals surface area contributed by atoms with Crippen LogP contribution >= 0.6 is 0 Å². The molecule has 2 aromatic heterocycles. The minimum atomic E-state index is -1.07. The molecule has 9 nitrogen and oxygen atoms in total. The van der Waals surface area contributed by atoms with E-state index < -0.39 is 23.5 Å². The Kier molecular flexibility index (Phi) is 7.00. The third kappa shape index (κ3) is 4.91. The van der Waals surface area contributed by atoms with Crippen molar-refractivity contribution in [2.24, 2.45) is 0 Å². The van der Waals surface area contributed by atoms with Crippen molar-refractivity contribution in [1.29, 1.82) is 0 Å². The lowest BCUT2D eigenvalue weighted by Gasteiger charge is -2.19. The highest BCUT2D eigenvalue weighted by Crippen LogP contribution is 2.31. The van der Waals surface area contributed by atoms with Gasteiger partial charge in [-0.3, -0.25) is 9.59 Å². The molecule has 0 bridgehead atoms. The van der Waals surface area contributed by atoms with Crippen LogP contribution in [-0.2, 0) is 16.0 Å². The number of carbonyl (C=O) groups is 2. The summed E-state index contributed by atoms with van der Waals surface area (Å²) in [5.41, 5.74) is 3.20. The van der Waals surface area contributed by atoms with E-state index in [9.17, 15) is 19.5 Å². The fourth-order valence-electron chi connectivity index (χ4n) is 4.33. The van der Waals surface area contributed by atoms with Gasteiger partial charge in [-0.05, 0) is 55.2 Å². The van der Waals surface area contributed by atoms with Crippen LogP contribution in [0.4, 0.5) is 0 Å². The lowest BCUT2D eigenvalue weighted by atomic mass is 10.00. The zero-order valence-electron chi connectivity index (χ0n) is 20.5. The van der Waals surface area contributed by atoms with E-state index in [1.807, 2.05) is 19.9 Å². The Labute approximate surface area is 206 Å². The molecule has 0 unspecified atom stereocenters. The van der Waals surface area contributed by atoms with Crippen LogP contribution in [-0.4, -0.2) is 31.2 Å². The van der Waals surface area contributed by atoms with Crippen molar-refractivity contribution in [3.05, 3.63) is 69.3 Å². The summed E-state index contributed by atoms with van der Waals surface area (Å²) in [6.07, 6.45) is 1.45. The third-order valence-corrected chi connectivity index (χ3v) is 6.30. The van der Waals surface area contributed by atoms with Crippen molar-refractivity contribution >= 4 is 33.8 Å². The number of hydrogen-bond donors (Lipinski definition) is 2. The van der Waals surface area contributed by atoms with Crippen molar-refractivity contribution in [3.63, 3.8) is 0 Å². The number of methoxy groups -OCH3 is 2. The van der Waals surface area contributed by atoms with Gasteiger partial charge in [-0.15, -0.1) is 0 Å². The largest absolute Gasteiger partial charge is 0.493 e. The SMILES string of the molecule is COc1ccc([C@@H](CC(=O)O)NC(=O)CCc2c(C)c3cc4c(C)coc4cc3oc2=O)cc1OC. The average molecular weight is 494 g/mol. The number of ether oxygens (including phenoxy) is 2.